The van der Waals surface area contributed by atoms with Crippen molar-refractivity contribution in [3.63, 3.8) is 0 Å². The Bertz CT molecular complexity index is 2120. The Hall–Kier alpha value is -6.50. The fraction of sp³-hybridized carbons (Fsp3) is 0. The van der Waals surface area contributed by atoms with Gasteiger partial charge in [-0.25, -0.2) is 0 Å². The average molecular weight is 575 g/mol. The molecule has 0 radical (unpaired) electrons. The van der Waals surface area contributed by atoms with E-state index in [1.165, 1.54) is 12.1 Å². The van der Waals surface area contributed by atoms with Crippen LogP contribution in [0.25, 0.3) is 10.8 Å². The second-order valence-electron chi connectivity index (χ2n) is 9.89. The van der Waals surface area contributed by atoms with Gasteiger partial charge >= 0.3 is 0 Å². The second-order valence-corrected chi connectivity index (χ2v) is 9.89. The number of phenols is 2. The number of fused-ring (bicyclic) bond motifs is 1. The smallest absolute Gasteiger partial charge is 0.144 e. The first kappa shape index (κ1) is 27.7. The van der Waals surface area contributed by atoms with Crippen LogP contribution in [0.1, 0.15) is 22.3 Å². The van der Waals surface area contributed by atoms with Gasteiger partial charge in [0, 0.05) is 28.6 Å². The molecule has 44 heavy (non-hydrogen) atoms. The van der Waals surface area contributed by atoms with Gasteiger partial charge in [0.1, 0.15) is 34.5 Å². The van der Waals surface area contributed by atoms with Crippen molar-refractivity contribution < 1.29 is 19.7 Å². The van der Waals surface area contributed by atoms with Crippen LogP contribution >= 0.6 is 0 Å². The van der Waals surface area contributed by atoms with E-state index in [1.54, 1.807) is 24.3 Å². The Morgan fingerprint density at radius 2 is 0.977 bits per heavy atom. The number of nitrogens with two attached hydrogens (primary N) is 2. The quantitative estimate of drug-likeness (QED) is 0.0971. The zero-order valence-corrected chi connectivity index (χ0v) is 23.4. The molecule has 0 aliphatic heterocycles. The van der Waals surface area contributed by atoms with Crippen LogP contribution < -0.4 is 20.9 Å². The summed E-state index contributed by atoms with van der Waals surface area (Å²) in [6, 6.07) is 36.2. The van der Waals surface area contributed by atoms with E-state index in [-0.39, 0.29) is 22.9 Å². The van der Waals surface area contributed by atoms with Crippen molar-refractivity contribution in [3.8, 4) is 58.2 Å². The van der Waals surface area contributed by atoms with Crippen LogP contribution in [0.4, 0.5) is 11.4 Å². The minimum Gasteiger partial charge on any atom is -0.506 e. The summed E-state index contributed by atoms with van der Waals surface area (Å²) in [6.07, 6.45) is 0. The minimum atomic E-state index is -0.0303. The van der Waals surface area contributed by atoms with E-state index in [1.807, 2.05) is 84.9 Å². The Morgan fingerprint density at radius 1 is 0.477 bits per heavy atom. The van der Waals surface area contributed by atoms with Crippen molar-refractivity contribution in [2.75, 3.05) is 11.5 Å². The molecule has 0 aliphatic rings. The molecule has 6 nitrogen and oxygen atoms in total. The summed E-state index contributed by atoms with van der Waals surface area (Å²) in [5, 5.41) is 21.4. The van der Waals surface area contributed by atoms with Gasteiger partial charge in [-0.3, -0.25) is 0 Å². The van der Waals surface area contributed by atoms with Gasteiger partial charge in [-0.05, 0) is 72.1 Å². The second kappa shape index (κ2) is 12.2. The molecule has 6 N–H and O–H groups in total. The van der Waals surface area contributed by atoms with Gasteiger partial charge in [0.15, 0.2) is 0 Å². The van der Waals surface area contributed by atoms with Gasteiger partial charge in [0.2, 0.25) is 0 Å². The molecule has 212 valence electrons. The van der Waals surface area contributed by atoms with Crippen LogP contribution in [-0.4, -0.2) is 10.2 Å². The summed E-state index contributed by atoms with van der Waals surface area (Å²) in [4.78, 5) is 0. The molecule has 0 aromatic heterocycles. The average Bonchev–Trinajstić information content (AvgIpc) is 3.04. The van der Waals surface area contributed by atoms with Crippen molar-refractivity contribution >= 4 is 22.1 Å². The summed E-state index contributed by atoms with van der Waals surface area (Å²) in [7, 11) is 0. The van der Waals surface area contributed by atoms with Gasteiger partial charge in [0.25, 0.3) is 0 Å². The number of hydrogen-bond donors (Lipinski definition) is 4. The van der Waals surface area contributed by atoms with E-state index < -0.39 is 0 Å². The lowest BCUT2D eigenvalue weighted by atomic mass is 9.97. The molecule has 0 amide bonds. The fourth-order valence-electron chi connectivity index (χ4n) is 4.51. The lowest BCUT2D eigenvalue weighted by Crippen LogP contribution is -1.96. The third-order valence-electron chi connectivity index (χ3n) is 6.75. The number of phenolic OH excluding ortho intramolecular Hbond substituents is 2. The number of benzene rings is 6. The molecular weight excluding hydrogens is 548 g/mol. The molecule has 6 aromatic carbocycles. The lowest BCUT2D eigenvalue weighted by molar-refractivity contribution is 0.466. The molecule has 6 aromatic rings. The Morgan fingerprint density at radius 3 is 1.55 bits per heavy atom. The number of hydrogen-bond acceptors (Lipinski definition) is 6. The Balaban J connectivity index is 1.56. The summed E-state index contributed by atoms with van der Waals surface area (Å²) in [5.41, 5.74) is 15.1. The Kier molecular flexibility index (Phi) is 7.65. The third-order valence-corrected chi connectivity index (χ3v) is 6.75. The highest BCUT2D eigenvalue weighted by atomic mass is 16.5. The SMILES string of the molecule is Nc1cc(Oc2ccc3cc(Oc4ccc(O)c(N)c4)c(C#Cc4ccccc4)c(C#Cc4ccccc4)c3c2)ccc1O. The van der Waals surface area contributed by atoms with Crippen molar-refractivity contribution in [1.29, 1.82) is 0 Å². The van der Waals surface area contributed by atoms with Crippen LogP contribution in [0.15, 0.2) is 121 Å². The molecular formula is C38H26N2O4. The van der Waals surface area contributed by atoms with Gasteiger partial charge in [-0.2, -0.15) is 0 Å². The first-order valence-electron chi connectivity index (χ1n) is 13.7. The van der Waals surface area contributed by atoms with Gasteiger partial charge in [0.05, 0.1) is 22.5 Å². The molecule has 0 fully saturated rings. The van der Waals surface area contributed by atoms with Crippen LogP contribution in [0.5, 0.6) is 34.5 Å². The van der Waals surface area contributed by atoms with Gasteiger partial charge in [-0.1, -0.05) is 66.1 Å². The van der Waals surface area contributed by atoms with E-state index in [9.17, 15) is 10.2 Å². The van der Waals surface area contributed by atoms with Crippen molar-refractivity contribution in [3.05, 3.63) is 144 Å². The predicted octanol–water partition coefficient (Wildman–Crippen LogP) is 7.80. The summed E-state index contributed by atoms with van der Waals surface area (Å²) in [6.45, 7) is 0. The topological polar surface area (TPSA) is 111 Å². The maximum absolute atomic E-state index is 9.95. The monoisotopic (exact) mass is 574 g/mol. The van der Waals surface area contributed by atoms with Gasteiger partial charge in [-0.15, -0.1) is 0 Å². The molecule has 0 unspecified atom stereocenters. The number of anilines is 2. The molecule has 0 bridgehead atoms. The highest BCUT2D eigenvalue weighted by Crippen LogP contribution is 2.38. The number of nitrogen functional groups attached to an aromatic ring is 2. The molecule has 6 heteroatoms. The maximum atomic E-state index is 9.95. The first-order chi connectivity index (χ1) is 21.4. The summed E-state index contributed by atoms with van der Waals surface area (Å²) >= 11 is 0. The maximum Gasteiger partial charge on any atom is 0.144 e. The van der Waals surface area contributed by atoms with E-state index in [0.29, 0.717) is 34.1 Å². The number of aromatic hydroxyl groups is 2. The molecule has 0 atom stereocenters. The fourth-order valence-corrected chi connectivity index (χ4v) is 4.51. The van der Waals surface area contributed by atoms with Crippen LogP contribution in [0, 0.1) is 23.7 Å². The highest BCUT2D eigenvalue weighted by Gasteiger charge is 2.15. The summed E-state index contributed by atoms with van der Waals surface area (Å²) < 4.78 is 12.5. The Labute approximate surface area is 254 Å². The normalized spacial score (nSPS) is 10.3. The van der Waals surface area contributed by atoms with Crippen molar-refractivity contribution in [1.82, 2.24) is 0 Å². The lowest BCUT2D eigenvalue weighted by Gasteiger charge is -2.14. The first-order valence-corrected chi connectivity index (χ1v) is 13.7. The largest absolute Gasteiger partial charge is 0.506 e. The van der Waals surface area contributed by atoms with E-state index in [2.05, 4.69) is 23.7 Å². The zero-order valence-electron chi connectivity index (χ0n) is 23.4. The molecule has 0 spiro atoms. The third kappa shape index (κ3) is 6.21. The van der Waals surface area contributed by atoms with Crippen molar-refractivity contribution in [2.24, 2.45) is 0 Å². The zero-order chi connectivity index (χ0) is 30.5. The molecule has 0 heterocycles. The highest BCUT2D eigenvalue weighted by molar-refractivity contribution is 5.94. The van der Waals surface area contributed by atoms with E-state index in [4.69, 9.17) is 20.9 Å². The minimum absolute atomic E-state index is 0.0149. The number of ether oxygens (including phenoxy) is 2. The van der Waals surface area contributed by atoms with Crippen LogP contribution in [-0.2, 0) is 0 Å². The number of rotatable bonds is 4. The molecule has 0 aliphatic carbocycles. The van der Waals surface area contributed by atoms with Gasteiger partial charge < -0.3 is 31.2 Å². The van der Waals surface area contributed by atoms with E-state index in [0.717, 1.165) is 21.9 Å². The summed E-state index contributed by atoms with van der Waals surface area (Å²) in [5.74, 6) is 15.1. The van der Waals surface area contributed by atoms with Crippen molar-refractivity contribution in [2.45, 2.75) is 0 Å². The molecule has 0 saturated carbocycles. The van der Waals surface area contributed by atoms with E-state index >= 15 is 0 Å². The standard InChI is InChI=1S/C38H26N2O4/c39-34-23-29(15-19-36(34)41)43-28-14-13-27-21-38(44-30-16-20-37(42)35(40)24-30)32(18-12-26-9-5-2-6-10-26)31(33(27)22-28)17-11-25-7-3-1-4-8-25/h1-10,13-16,19-24,41-42H,39-40H2. The molecule has 6 rings (SSSR count). The van der Waals surface area contributed by atoms with Crippen LogP contribution in [0.3, 0.4) is 0 Å². The molecule has 0 saturated heterocycles. The predicted molar refractivity (Wildman–Crippen MR) is 174 cm³/mol. The van der Waals surface area contributed by atoms with Crippen LogP contribution in [0.2, 0.25) is 0 Å².